The Labute approximate surface area is 116 Å². The Morgan fingerprint density at radius 3 is 2.53 bits per heavy atom. The smallest absolute Gasteiger partial charge is 0.144 e. The van der Waals surface area contributed by atoms with E-state index < -0.39 is 0 Å². The minimum absolute atomic E-state index is 0.108. The zero-order valence-corrected chi connectivity index (χ0v) is 12.4. The van der Waals surface area contributed by atoms with Crippen molar-refractivity contribution in [3.05, 3.63) is 34.9 Å². The molecular formula is C17H25NO. The molecule has 1 aromatic carbocycles. The molecule has 19 heavy (non-hydrogen) atoms. The lowest BCUT2D eigenvalue weighted by Crippen LogP contribution is -2.35. The lowest BCUT2D eigenvalue weighted by molar-refractivity contribution is -0.127. The van der Waals surface area contributed by atoms with Gasteiger partial charge in [0.1, 0.15) is 5.78 Å². The molecular weight excluding hydrogens is 234 g/mol. The van der Waals surface area contributed by atoms with E-state index in [9.17, 15) is 4.79 Å². The third-order valence-electron chi connectivity index (χ3n) is 4.55. The molecule has 0 spiro atoms. The number of aryl methyl sites for hydroxylation is 2. The molecule has 2 heteroatoms. The SMILES string of the molecule is CCCC1(C(=O)Cc2c(C)cccc2C)CCNC1. The van der Waals surface area contributed by atoms with Crippen molar-refractivity contribution in [2.45, 2.75) is 46.5 Å². The lowest BCUT2D eigenvalue weighted by Gasteiger charge is -2.27. The molecule has 2 rings (SSSR count). The van der Waals surface area contributed by atoms with Crippen molar-refractivity contribution in [2.24, 2.45) is 5.41 Å². The van der Waals surface area contributed by atoms with Crippen molar-refractivity contribution in [2.75, 3.05) is 13.1 Å². The molecule has 0 bridgehead atoms. The summed E-state index contributed by atoms with van der Waals surface area (Å²) >= 11 is 0. The van der Waals surface area contributed by atoms with Gasteiger partial charge in [0.25, 0.3) is 0 Å². The largest absolute Gasteiger partial charge is 0.316 e. The summed E-state index contributed by atoms with van der Waals surface area (Å²) in [5.41, 5.74) is 3.61. The van der Waals surface area contributed by atoms with E-state index in [-0.39, 0.29) is 5.41 Å². The molecule has 1 saturated heterocycles. The summed E-state index contributed by atoms with van der Waals surface area (Å²) in [6.45, 7) is 8.24. The van der Waals surface area contributed by atoms with Crippen molar-refractivity contribution in [1.82, 2.24) is 5.32 Å². The average Bonchev–Trinajstić information content (AvgIpc) is 2.84. The third-order valence-corrected chi connectivity index (χ3v) is 4.55. The van der Waals surface area contributed by atoms with Crippen LogP contribution < -0.4 is 5.32 Å². The van der Waals surface area contributed by atoms with E-state index in [1.165, 1.54) is 16.7 Å². The van der Waals surface area contributed by atoms with Gasteiger partial charge in [0.05, 0.1) is 0 Å². The number of nitrogens with one attached hydrogen (secondary N) is 1. The summed E-state index contributed by atoms with van der Waals surface area (Å²) in [6, 6.07) is 6.28. The van der Waals surface area contributed by atoms with Gasteiger partial charge >= 0.3 is 0 Å². The third kappa shape index (κ3) is 2.89. The number of rotatable bonds is 5. The number of carbonyl (C=O) groups excluding carboxylic acids is 1. The van der Waals surface area contributed by atoms with Crippen LogP contribution in [0.5, 0.6) is 0 Å². The Morgan fingerprint density at radius 1 is 1.32 bits per heavy atom. The van der Waals surface area contributed by atoms with Crippen LogP contribution in [0.15, 0.2) is 18.2 Å². The molecule has 1 atom stereocenters. The van der Waals surface area contributed by atoms with Gasteiger partial charge in [-0.05, 0) is 49.9 Å². The van der Waals surface area contributed by atoms with Gasteiger partial charge in [0.2, 0.25) is 0 Å². The molecule has 1 heterocycles. The molecule has 0 amide bonds. The van der Waals surface area contributed by atoms with Crippen LogP contribution in [0.25, 0.3) is 0 Å². The second-order valence-corrected chi connectivity index (χ2v) is 5.93. The predicted molar refractivity (Wildman–Crippen MR) is 79.5 cm³/mol. The maximum Gasteiger partial charge on any atom is 0.144 e. The van der Waals surface area contributed by atoms with Gasteiger partial charge in [0, 0.05) is 18.4 Å². The normalized spacial score (nSPS) is 22.7. The number of benzene rings is 1. The molecule has 1 fully saturated rings. The zero-order chi connectivity index (χ0) is 13.9. The molecule has 1 unspecified atom stereocenters. The van der Waals surface area contributed by atoms with Crippen molar-refractivity contribution in [1.29, 1.82) is 0 Å². The predicted octanol–water partition coefficient (Wildman–Crippen LogP) is 3.19. The monoisotopic (exact) mass is 259 g/mol. The van der Waals surface area contributed by atoms with Crippen LogP contribution in [0.3, 0.4) is 0 Å². The van der Waals surface area contributed by atoms with Crippen LogP contribution in [0.2, 0.25) is 0 Å². The Morgan fingerprint density at radius 2 is 2.00 bits per heavy atom. The molecule has 0 radical (unpaired) electrons. The standard InChI is InChI=1S/C17H25NO/c1-4-8-17(9-10-18-12-17)16(19)11-15-13(2)6-5-7-14(15)3/h5-7,18H,4,8-12H2,1-3H3. The summed E-state index contributed by atoms with van der Waals surface area (Å²) in [5.74, 6) is 0.428. The van der Waals surface area contributed by atoms with Crippen LogP contribution in [0.1, 0.15) is 42.9 Å². The van der Waals surface area contributed by atoms with E-state index in [2.05, 4.69) is 44.3 Å². The summed E-state index contributed by atoms with van der Waals surface area (Å²) < 4.78 is 0. The van der Waals surface area contributed by atoms with Gasteiger partial charge in [-0.25, -0.2) is 0 Å². The van der Waals surface area contributed by atoms with Gasteiger partial charge in [-0.15, -0.1) is 0 Å². The summed E-state index contributed by atoms with van der Waals surface area (Å²) in [6.07, 6.45) is 3.70. The Bertz CT molecular complexity index is 438. The minimum Gasteiger partial charge on any atom is -0.316 e. The second-order valence-electron chi connectivity index (χ2n) is 5.93. The quantitative estimate of drug-likeness (QED) is 0.880. The van der Waals surface area contributed by atoms with E-state index in [1.807, 2.05) is 0 Å². The van der Waals surface area contributed by atoms with E-state index >= 15 is 0 Å². The molecule has 0 saturated carbocycles. The Kier molecular flexibility index (Phi) is 4.41. The summed E-state index contributed by atoms with van der Waals surface area (Å²) in [5, 5.41) is 3.37. The Balaban J connectivity index is 2.20. The van der Waals surface area contributed by atoms with Crippen LogP contribution in [0.4, 0.5) is 0 Å². The zero-order valence-electron chi connectivity index (χ0n) is 12.4. The van der Waals surface area contributed by atoms with E-state index in [4.69, 9.17) is 0 Å². The topological polar surface area (TPSA) is 29.1 Å². The van der Waals surface area contributed by atoms with Crippen LogP contribution in [-0.4, -0.2) is 18.9 Å². The van der Waals surface area contributed by atoms with Gasteiger partial charge in [-0.2, -0.15) is 0 Å². The molecule has 1 aliphatic rings. The van der Waals surface area contributed by atoms with E-state index in [0.717, 1.165) is 32.4 Å². The van der Waals surface area contributed by atoms with Crippen molar-refractivity contribution in [3.8, 4) is 0 Å². The second kappa shape index (κ2) is 5.87. The van der Waals surface area contributed by atoms with Gasteiger partial charge in [-0.1, -0.05) is 31.5 Å². The molecule has 104 valence electrons. The highest BCUT2D eigenvalue weighted by Gasteiger charge is 2.39. The first-order valence-electron chi connectivity index (χ1n) is 7.38. The number of hydrogen-bond acceptors (Lipinski definition) is 2. The summed E-state index contributed by atoms with van der Waals surface area (Å²) in [4.78, 5) is 12.8. The first-order valence-corrected chi connectivity index (χ1v) is 7.38. The van der Waals surface area contributed by atoms with Crippen molar-refractivity contribution < 1.29 is 4.79 Å². The number of Topliss-reactive ketones (excluding diaryl/α,β-unsaturated/α-hetero) is 1. The maximum atomic E-state index is 12.8. The molecule has 0 aromatic heterocycles. The van der Waals surface area contributed by atoms with Crippen molar-refractivity contribution in [3.63, 3.8) is 0 Å². The highest BCUT2D eigenvalue weighted by atomic mass is 16.1. The van der Waals surface area contributed by atoms with Crippen LogP contribution in [-0.2, 0) is 11.2 Å². The molecule has 1 N–H and O–H groups in total. The number of ketones is 1. The lowest BCUT2D eigenvalue weighted by atomic mass is 9.76. The Hall–Kier alpha value is -1.15. The fraction of sp³-hybridized carbons (Fsp3) is 0.588. The molecule has 2 nitrogen and oxygen atoms in total. The van der Waals surface area contributed by atoms with E-state index in [1.54, 1.807) is 0 Å². The minimum atomic E-state index is -0.108. The first-order chi connectivity index (χ1) is 9.09. The fourth-order valence-corrected chi connectivity index (χ4v) is 3.29. The summed E-state index contributed by atoms with van der Waals surface area (Å²) in [7, 11) is 0. The fourth-order valence-electron chi connectivity index (χ4n) is 3.29. The number of hydrogen-bond donors (Lipinski definition) is 1. The molecule has 0 aliphatic carbocycles. The maximum absolute atomic E-state index is 12.8. The molecule has 1 aliphatic heterocycles. The van der Waals surface area contributed by atoms with Crippen molar-refractivity contribution >= 4 is 5.78 Å². The number of carbonyl (C=O) groups is 1. The molecule has 1 aromatic rings. The van der Waals surface area contributed by atoms with E-state index in [0.29, 0.717) is 12.2 Å². The van der Waals surface area contributed by atoms with Crippen LogP contribution >= 0.6 is 0 Å². The van der Waals surface area contributed by atoms with Gasteiger partial charge < -0.3 is 5.32 Å². The van der Waals surface area contributed by atoms with Gasteiger partial charge in [0.15, 0.2) is 0 Å². The van der Waals surface area contributed by atoms with Crippen LogP contribution in [0, 0.1) is 19.3 Å². The first kappa shape index (κ1) is 14.3. The highest BCUT2D eigenvalue weighted by Crippen LogP contribution is 2.34. The average molecular weight is 259 g/mol. The highest BCUT2D eigenvalue weighted by molar-refractivity contribution is 5.88. The van der Waals surface area contributed by atoms with Gasteiger partial charge in [-0.3, -0.25) is 4.79 Å².